The van der Waals surface area contributed by atoms with Gasteiger partial charge in [0.05, 0.1) is 6.04 Å². The highest BCUT2D eigenvalue weighted by atomic mass is 16.4. The number of carboxylic acids is 1. The zero-order chi connectivity index (χ0) is 22.6. The molecule has 0 aliphatic rings. The highest BCUT2D eigenvalue weighted by Crippen LogP contribution is 2.07. The van der Waals surface area contributed by atoms with Crippen molar-refractivity contribution in [1.82, 2.24) is 16.0 Å². The predicted molar refractivity (Wildman–Crippen MR) is 108 cm³/mol. The van der Waals surface area contributed by atoms with Crippen molar-refractivity contribution in [1.29, 1.82) is 0 Å². The molecule has 166 valence electrons. The SMILES string of the molecule is CC(C)CC(NC(=O)C(CCCN=C(N)N)NC(=O)C(C)N)C(=O)NCC(=O)O. The van der Waals surface area contributed by atoms with Gasteiger partial charge in [-0.05, 0) is 32.1 Å². The molecule has 0 heterocycles. The summed E-state index contributed by atoms with van der Waals surface area (Å²) in [6, 6.07) is -2.73. The number of amides is 3. The molecule has 10 N–H and O–H groups in total. The maximum atomic E-state index is 12.7. The van der Waals surface area contributed by atoms with Gasteiger partial charge in [-0.25, -0.2) is 0 Å². The summed E-state index contributed by atoms with van der Waals surface area (Å²) in [6.07, 6.45) is 0.903. The van der Waals surface area contributed by atoms with Crippen LogP contribution in [0.5, 0.6) is 0 Å². The summed E-state index contributed by atoms with van der Waals surface area (Å²) in [5, 5.41) is 16.1. The fourth-order valence-corrected chi connectivity index (χ4v) is 2.34. The maximum Gasteiger partial charge on any atom is 0.322 e. The van der Waals surface area contributed by atoms with Gasteiger partial charge in [0.1, 0.15) is 18.6 Å². The van der Waals surface area contributed by atoms with Crippen LogP contribution < -0.4 is 33.2 Å². The number of rotatable bonds is 13. The van der Waals surface area contributed by atoms with Crippen LogP contribution in [0, 0.1) is 5.92 Å². The van der Waals surface area contributed by atoms with Gasteiger partial charge in [0.2, 0.25) is 17.7 Å². The number of guanidine groups is 1. The quantitative estimate of drug-likeness (QED) is 0.0975. The van der Waals surface area contributed by atoms with Gasteiger partial charge in [-0.1, -0.05) is 13.8 Å². The second-order valence-corrected chi connectivity index (χ2v) is 7.10. The van der Waals surface area contributed by atoms with E-state index in [1.54, 1.807) is 0 Å². The minimum atomic E-state index is -1.20. The Morgan fingerprint density at radius 2 is 1.55 bits per heavy atom. The van der Waals surface area contributed by atoms with Crippen molar-refractivity contribution >= 4 is 29.7 Å². The van der Waals surface area contributed by atoms with Crippen molar-refractivity contribution in [3.8, 4) is 0 Å². The number of aliphatic carboxylic acids is 1. The number of nitrogens with one attached hydrogen (secondary N) is 3. The van der Waals surface area contributed by atoms with Crippen LogP contribution in [-0.2, 0) is 19.2 Å². The normalized spacial score (nSPS) is 13.7. The number of carbonyl (C=O) groups is 4. The highest BCUT2D eigenvalue weighted by Gasteiger charge is 2.27. The van der Waals surface area contributed by atoms with Gasteiger partial charge in [0.25, 0.3) is 0 Å². The van der Waals surface area contributed by atoms with E-state index >= 15 is 0 Å². The predicted octanol–water partition coefficient (Wildman–Crippen LogP) is -2.40. The number of carbonyl (C=O) groups excluding carboxylic acids is 3. The van der Waals surface area contributed by atoms with E-state index in [2.05, 4.69) is 20.9 Å². The number of nitrogens with zero attached hydrogens (tertiary/aromatic N) is 1. The Balaban J connectivity index is 5.19. The first-order valence-electron chi connectivity index (χ1n) is 9.35. The highest BCUT2D eigenvalue weighted by molar-refractivity contribution is 5.93. The smallest absolute Gasteiger partial charge is 0.322 e. The van der Waals surface area contributed by atoms with E-state index < -0.39 is 48.4 Å². The van der Waals surface area contributed by atoms with Crippen LogP contribution in [0.1, 0.15) is 40.0 Å². The van der Waals surface area contributed by atoms with Crippen LogP contribution in [0.25, 0.3) is 0 Å². The molecule has 0 rings (SSSR count). The second-order valence-electron chi connectivity index (χ2n) is 7.10. The van der Waals surface area contributed by atoms with Crippen molar-refractivity contribution in [2.75, 3.05) is 13.1 Å². The molecule has 3 unspecified atom stereocenters. The molecule has 0 fully saturated rings. The van der Waals surface area contributed by atoms with Crippen LogP contribution >= 0.6 is 0 Å². The molecule has 12 nitrogen and oxygen atoms in total. The zero-order valence-electron chi connectivity index (χ0n) is 17.1. The van der Waals surface area contributed by atoms with Crippen LogP contribution in [0.3, 0.4) is 0 Å². The minimum Gasteiger partial charge on any atom is -0.480 e. The van der Waals surface area contributed by atoms with Crippen molar-refractivity contribution in [2.45, 2.75) is 58.2 Å². The molecule has 0 aromatic heterocycles. The Kier molecular flexibility index (Phi) is 12.0. The van der Waals surface area contributed by atoms with E-state index in [0.717, 1.165) is 0 Å². The summed E-state index contributed by atoms with van der Waals surface area (Å²) in [5.74, 6) is -2.96. The molecular formula is C17H33N7O5. The Labute approximate surface area is 170 Å². The first-order valence-corrected chi connectivity index (χ1v) is 9.35. The Bertz CT molecular complexity index is 603. The molecule has 12 heteroatoms. The van der Waals surface area contributed by atoms with Gasteiger partial charge < -0.3 is 38.3 Å². The molecule has 0 aliphatic heterocycles. The minimum absolute atomic E-state index is 0.0508. The lowest BCUT2D eigenvalue weighted by Gasteiger charge is -2.24. The molecule has 3 atom stereocenters. The molecule has 0 saturated heterocycles. The molecule has 0 aliphatic carbocycles. The summed E-state index contributed by atoms with van der Waals surface area (Å²) in [6.45, 7) is 4.88. The monoisotopic (exact) mass is 415 g/mol. The Morgan fingerprint density at radius 3 is 2.03 bits per heavy atom. The van der Waals surface area contributed by atoms with E-state index in [0.29, 0.717) is 12.8 Å². The van der Waals surface area contributed by atoms with Gasteiger partial charge >= 0.3 is 5.97 Å². The number of hydrogen-bond donors (Lipinski definition) is 7. The first-order chi connectivity index (χ1) is 13.4. The molecule has 0 spiro atoms. The third-order valence-electron chi connectivity index (χ3n) is 3.75. The third-order valence-corrected chi connectivity index (χ3v) is 3.75. The van der Waals surface area contributed by atoms with Crippen molar-refractivity contribution < 1.29 is 24.3 Å². The fraction of sp³-hybridized carbons (Fsp3) is 0.706. The Morgan fingerprint density at radius 1 is 0.966 bits per heavy atom. The molecule has 0 aromatic carbocycles. The third kappa shape index (κ3) is 12.2. The van der Waals surface area contributed by atoms with Crippen LogP contribution in [0.4, 0.5) is 0 Å². The van der Waals surface area contributed by atoms with E-state index in [1.165, 1.54) is 6.92 Å². The maximum absolute atomic E-state index is 12.7. The van der Waals surface area contributed by atoms with Crippen LogP contribution in [0.2, 0.25) is 0 Å². The average molecular weight is 415 g/mol. The summed E-state index contributed by atoms with van der Waals surface area (Å²) in [4.78, 5) is 51.4. The lowest BCUT2D eigenvalue weighted by atomic mass is 10.0. The van der Waals surface area contributed by atoms with E-state index in [1.807, 2.05) is 13.8 Å². The van der Waals surface area contributed by atoms with Gasteiger partial charge in [-0.15, -0.1) is 0 Å². The summed E-state index contributed by atoms with van der Waals surface area (Å²) in [7, 11) is 0. The van der Waals surface area contributed by atoms with E-state index in [-0.39, 0.29) is 24.8 Å². The Hall–Kier alpha value is -2.89. The van der Waals surface area contributed by atoms with Crippen LogP contribution in [-0.4, -0.2) is 66.0 Å². The second kappa shape index (κ2) is 13.3. The van der Waals surface area contributed by atoms with Crippen molar-refractivity contribution in [3.63, 3.8) is 0 Å². The first kappa shape index (κ1) is 26.1. The van der Waals surface area contributed by atoms with Crippen LogP contribution in [0.15, 0.2) is 4.99 Å². The number of nitrogens with two attached hydrogens (primary N) is 3. The summed E-state index contributed by atoms with van der Waals surface area (Å²) >= 11 is 0. The van der Waals surface area contributed by atoms with E-state index in [9.17, 15) is 19.2 Å². The fourth-order valence-electron chi connectivity index (χ4n) is 2.34. The summed E-state index contributed by atoms with van der Waals surface area (Å²) < 4.78 is 0. The lowest BCUT2D eigenvalue weighted by Crippen LogP contribution is -2.56. The van der Waals surface area contributed by atoms with E-state index in [4.69, 9.17) is 22.3 Å². The van der Waals surface area contributed by atoms with Crippen molar-refractivity contribution in [2.24, 2.45) is 28.1 Å². The molecule has 0 radical (unpaired) electrons. The lowest BCUT2D eigenvalue weighted by molar-refractivity contribution is -0.138. The molecule has 0 saturated carbocycles. The molecule has 3 amide bonds. The molecular weight excluding hydrogens is 382 g/mol. The molecule has 29 heavy (non-hydrogen) atoms. The van der Waals surface area contributed by atoms with Gasteiger partial charge in [0, 0.05) is 6.54 Å². The number of aliphatic imine (C=N–C) groups is 1. The van der Waals surface area contributed by atoms with Crippen molar-refractivity contribution in [3.05, 3.63) is 0 Å². The topological polar surface area (TPSA) is 215 Å². The van der Waals surface area contributed by atoms with Gasteiger partial charge in [-0.3, -0.25) is 24.2 Å². The zero-order valence-corrected chi connectivity index (χ0v) is 17.1. The average Bonchev–Trinajstić information content (AvgIpc) is 2.60. The van der Waals surface area contributed by atoms with Gasteiger partial charge in [-0.2, -0.15) is 0 Å². The largest absolute Gasteiger partial charge is 0.480 e. The standard InChI is InChI=1S/C17H33N7O5/c1-9(2)7-12(15(28)22-8-13(25)26)24-16(29)11(23-14(27)10(3)18)5-4-6-21-17(19)20/h9-12H,4-8,18H2,1-3H3,(H,22,28)(H,23,27)(H,24,29)(H,25,26)(H4,19,20,21). The summed E-state index contributed by atoms with van der Waals surface area (Å²) in [5.41, 5.74) is 16.1. The van der Waals surface area contributed by atoms with Gasteiger partial charge in [0.15, 0.2) is 5.96 Å². The number of carboxylic acid groups (broad SMARTS) is 1. The molecule has 0 aromatic rings. The molecule has 0 bridgehead atoms. The number of hydrogen-bond acceptors (Lipinski definition) is 6.